The number of benzene rings is 1. The molecule has 26 heavy (non-hydrogen) atoms. The quantitative estimate of drug-likeness (QED) is 0.594. The van der Waals surface area contributed by atoms with Crippen molar-refractivity contribution >= 4 is 37.3 Å². The molecular formula is C17H16BrN3O3S2. The predicted octanol–water partition coefficient (Wildman–Crippen LogP) is 3.03. The first-order chi connectivity index (χ1) is 12.3. The zero-order valence-electron chi connectivity index (χ0n) is 14.1. The fourth-order valence-corrected chi connectivity index (χ4v) is 4.43. The van der Waals surface area contributed by atoms with Gasteiger partial charge in [-0.1, -0.05) is 28.1 Å². The average molecular weight is 454 g/mol. The lowest BCUT2D eigenvalue weighted by atomic mass is 10.2. The van der Waals surface area contributed by atoms with Crippen LogP contribution in [0.4, 0.5) is 0 Å². The van der Waals surface area contributed by atoms with Gasteiger partial charge in [0, 0.05) is 41.8 Å². The van der Waals surface area contributed by atoms with Gasteiger partial charge in [-0.25, -0.2) is 17.7 Å². The van der Waals surface area contributed by atoms with Gasteiger partial charge < -0.3 is 4.57 Å². The molecule has 9 heteroatoms. The van der Waals surface area contributed by atoms with Crippen LogP contribution in [0.3, 0.4) is 0 Å². The number of hydrogen-bond donors (Lipinski definition) is 0. The molecule has 2 aromatic heterocycles. The number of hydrogen-bond acceptors (Lipinski definition) is 5. The van der Waals surface area contributed by atoms with Gasteiger partial charge in [0.2, 0.25) is 10.0 Å². The van der Waals surface area contributed by atoms with Crippen LogP contribution in [0.15, 0.2) is 62.1 Å². The maximum atomic E-state index is 12.3. The topological polar surface area (TPSA) is 72.3 Å². The van der Waals surface area contributed by atoms with Gasteiger partial charge in [0.05, 0.1) is 17.1 Å². The van der Waals surface area contributed by atoms with Crippen molar-refractivity contribution in [3.05, 3.63) is 68.5 Å². The molecule has 0 saturated carbocycles. The lowest BCUT2D eigenvalue weighted by molar-refractivity contribution is 0.519. The Balaban J connectivity index is 1.92. The fourth-order valence-electron chi connectivity index (χ4n) is 2.30. The molecule has 1 aromatic carbocycles. The maximum absolute atomic E-state index is 12.3. The van der Waals surface area contributed by atoms with Crippen LogP contribution in [0.25, 0.3) is 10.6 Å². The van der Waals surface area contributed by atoms with Gasteiger partial charge in [-0.15, -0.1) is 11.3 Å². The zero-order valence-corrected chi connectivity index (χ0v) is 17.3. The Morgan fingerprint density at radius 2 is 2.00 bits per heavy atom. The molecule has 0 spiro atoms. The van der Waals surface area contributed by atoms with E-state index in [9.17, 15) is 13.2 Å². The fraction of sp³-hybridized carbons (Fsp3) is 0.176. The molecule has 136 valence electrons. The predicted molar refractivity (Wildman–Crippen MR) is 106 cm³/mol. The van der Waals surface area contributed by atoms with E-state index in [1.807, 2.05) is 29.6 Å². The number of nitrogens with zero attached hydrogens (tertiary/aromatic N) is 3. The third-order valence-corrected chi connectivity index (χ3v) is 6.92. The summed E-state index contributed by atoms with van der Waals surface area (Å²) in [6.45, 7) is 0.208. The summed E-state index contributed by atoms with van der Waals surface area (Å²) < 4.78 is 28.0. The van der Waals surface area contributed by atoms with Gasteiger partial charge in [-0.05, 0) is 18.2 Å². The van der Waals surface area contributed by atoms with Crippen LogP contribution in [0, 0.1) is 0 Å². The molecule has 0 fully saturated rings. The van der Waals surface area contributed by atoms with E-state index >= 15 is 0 Å². The van der Waals surface area contributed by atoms with Crippen molar-refractivity contribution in [3.8, 4) is 10.6 Å². The third kappa shape index (κ3) is 3.96. The van der Waals surface area contributed by atoms with Gasteiger partial charge >= 0.3 is 0 Å². The Morgan fingerprint density at radius 3 is 2.69 bits per heavy atom. The molecule has 0 aliphatic rings. The summed E-state index contributed by atoms with van der Waals surface area (Å²) in [7, 11) is -0.693. The van der Waals surface area contributed by atoms with Crippen molar-refractivity contribution in [2.45, 2.75) is 11.4 Å². The molecule has 0 aliphatic carbocycles. The monoisotopic (exact) mass is 453 g/mol. The van der Waals surface area contributed by atoms with Crippen molar-refractivity contribution < 1.29 is 8.42 Å². The lowest BCUT2D eigenvalue weighted by Gasteiger charge is -2.12. The minimum atomic E-state index is -3.60. The molecule has 0 atom stereocenters. The molecule has 0 aliphatic heterocycles. The Kier molecular flexibility index (Phi) is 5.42. The Labute approximate surface area is 163 Å². The van der Waals surface area contributed by atoms with Crippen LogP contribution in [0.1, 0.15) is 5.69 Å². The normalized spacial score (nSPS) is 11.8. The second-order valence-electron chi connectivity index (χ2n) is 5.77. The minimum Gasteiger partial charge on any atom is -0.308 e. The second kappa shape index (κ2) is 7.43. The number of halogens is 1. The molecule has 0 radical (unpaired) electrons. The largest absolute Gasteiger partial charge is 0.308 e. The van der Waals surface area contributed by atoms with Crippen LogP contribution in [0.5, 0.6) is 0 Å². The van der Waals surface area contributed by atoms with Crippen molar-refractivity contribution in [2.24, 2.45) is 0 Å². The van der Waals surface area contributed by atoms with Crippen LogP contribution < -0.4 is 5.56 Å². The number of sulfonamides is 1. The standard InChI is InChI=1S/C17H16BrN3O3S2/c1-20(2)26(23,24)15-6-7-16(22)21(10-15)9-14-11-25-17(19-14)12-4-3-5-13(18)8-12/h3-8,10-11H,9H2,1-2H3. The number of rotatable bonds is 5. The average Bonchev–Trinajstić information content (AvgIpc) is 3.05. The van der Waals surface area contributed by atoms with Crippen LogP contribution in [-0.2, 0) is 16.6 Å². The molecular weight excluding hydrogens is 438 g/mol. The number of thiazole rings is 1. The number of aromatic nitrogens is 2. The molecule has 2 heterocycles. The van der Waals surface area contributed by atoms with E-state index in [4.69, 9.17) is 0 Å². The summed E-state index contributed by atoms with van der Waals surface area (Å²) in [6.07, 6.45) is 1.36. The van der Waals surface area contributed by atoms with Gasteiger partial charge in [0.1, 0.15) is 5.01 Å². The van der Waals surface area contributed by atoms with Gasteiger partial charge in [-0.2, -0.15) is 0 Å². The van der Waals surface area contributed by atoms with E-state index in [1.54, 1.807) is 0 Å². The second-order valence-corrected chi connectivity index (χ2v) is 9.70. The molecule has 3 rings (SSSR count). The first-order valence-corrected chi connectivity index (χ1v) is 10.7. The summed E-state index contributed by atoms with van der Waals surface area (Å²) in [6, 6.07) is 10.4. The maximum Gasteiger partial charge on any atom is 0.250 e. The molecule has 3 aromatic rings. The minimum absolute atomic E-state index is 0.0737. The van der Waals surface area contributed by atoms with E-state index in [1.165, 1.54) is 48.3 Å². The van der Waals surface area contributed by atoms with E-state index in [-0.39, 0.29) is 17.0 Å². The van der Waals surface area contributed by atoms with Gasteiger partial charge in [0.15, 0.2) is 0 Å². The summed E-state index contributed by atoms with van der Waals surface area (Å²) in [4.78, 5) is 16.8. The Morgan fingerprint density at radius 1 is 1.23 bits per heavy atom. The van der Waals surface area contributed by atoms with Crippen LogP contribution in [0.2, 0.25) is 0 Å². The summed E-state index contributed by atoms with van der Waals surface area (Å²) in [5.41, 5.74) is 1.40. The number of pyridine rings is 1. The molecule has 0 amide bonds. The van der Waals surface area contributed by atoms with E-state index in [0.29, 0.717) is 5.69 Å². The van der Waals surface area contributed by atoms with Crippen molar-refractivity contribution in [3.63, 3.8) is 0 Å². The van der Waals surface area contributed by atoms with Gasteiger partial charge in [-0.3, -0.25) is 4.79 Å². The molecule has 6 nitrogen and oxygen atoms in total. The van der Waals surface area contributed by atoms with Gasteiger partial charge in [0.25, 0.3) is 5.56 Å². The van der Waals surface area contributed by atoms with E-state index < -0.39 is 10.0 Å². The third-order valence-electron chi connectivity index (χ3n) is 3.69. The molecule has 0 N–H and O–H groups in total. The highest BCUT2D eigenvalue weighted by molar-refractivity contribution is 9.10. The zero-order chi connectivity index (χ0) is 18.9. The van der Waals surface area contributed by atoms with Crippen LogP contribution >= 0.6 is 27.3 Å². The molecule has 0 unspecified atom stereocenters. The highest BCUT2D eigenvalue weighted by Crippen LogP contribution is 2.26. The first-order valence-electron chi connectivity index (χ1n) is 7.61. The summed E-state index contributed by atoms with van der Waals surface area (Å²) in [5, 5.41) is 2.71. The van der Waals surface area contributed by atoms with Crippen LogP contribution in [-0.4, -0.2) is 36.4 Å². The lowest BCUT2D eigenvalue weighted by Crippen LogP contribution is -2.26. The molecule has 0 saturated heterocycles. The van der Waals surface area contributed by atoms with E-state index in [2.05, 4.69) is 20.9 Å². The van der Waals surface area contributed by atoms with Crippen molar-refractivity contribution in [2.75, 3.05) is 14.1 Å². The molecule has 0 bridgehead atoms. The highest BCUT2D eigenvalue weighted by Gasteiger charge is 2.18. The summed E-state index contributed by atoms with van der Waals surface area (Å²) >= 11 is 4.92. The highest BCUT2D eigenvalue weighted by atomic mass is 79.9. The Bertz CT molecular complexity index is 1100. The van der Waals surface area contributed by atoms with E-state index in [0.717, 1.165) is 19.3 Å². The Hall–Kier alpha value is -1.81. The summed E-state index contributed by atoms with van der Waals surface area (Å²) in [5.74, 6) is 0. The first kappa shape index (κ1) is 19.0. The smallest absolute Gasteiger partial charge is 0.250 e. The van der Waals surface area contributed by atoms with Crippen molar-refractivity contribution in [1.82, 2.24) is 13.9 Å². The van der Waals surface area contributed by atoms with Crippen molar-refractivity contribution in [1.29, 1.82) is 0 Å². The SMILES string of the molecule is CN(C)S(=O)(=O)c1ccc(=O)n(Cc2csc(-c3cccc(Br)c3)n2)c1.